The maximum atomic E-state index is 14.2. The highest BCUT2D eigenvalue weighted by Gasteiger charge is 2.32. The largest absolute Gasteiger partial charge is 0.430 e. The van der Waals surface area contributed by atoms with Gasteiger partial charge in [0.2, 0.25) is 11.3 Å². The van der Waals surface area contributed by atoms with Crippen molar-refractivity contribution in [1.82, 2.24) is 14.5 Å². The third kappa shape index (κ3) is 3.31. The van der Waals surface area contributed by atoms with E-state index in [1.807, 2.05) is 44.2 Å². The zero-order chi connectivity index (χ0) is 23.4. The molecule has 0 bridgehead atoms. The summed E-state index contributed by atoms with van der Waals surface area (Å²) >= 11 is 0. The standard InChI is InChI=1S/C27H22FN3O3/c1-27(2)12-18-19(14-33-27)22(16-8-4-3-5-9-16)30-25-21(18)23-24(34-25)26(32)31(15-29-23)13-17-10-6-7-11-20(17)28/h3-11,15H,12-14H2,1-2H3. The molecule has 0 radical (unpaired) electrons. The Morgan fingerprint density at radius 3 is 2.62 bits per heavy atom. The Hall–Kier alpha value is -3.84. The normalized spacial score (nSPS) is 15.0. The van der Waals surface area contributed by atoms with Crippen LogP contribution in [0.4, 0.5) is 4.39 Å². The summed E-state index contributed by atoms with van der Waals surface area (Å²) in [6, 6.07) is 16.2. The van der Waals surface area contributed by atoms with Crippen molar-refractivity contribution in [2.75, 3.05) is 0 Å². The molecular weight excluding hydrogens is 433 g/mol. The number of halogens is 1. The molecule has 0 spiro atoms. The first-order valence-corrected chi connectivity index (χ1v) is 11.2. The monoisotopic (exact) mass is 455 g/mol. The summed E-state index contributed by atoms with van der Waals surface area (Å²) in [5.41, 5.74) is 4.39. The van der Waals surface area contributed by atoms with E-state index < -0.39 is 0 Å². The zero-order valence-electron chi connectivity index (χ0n) is 18.8. The Labute approximate surface area is 194 Å². The Morgan fingerprint density at radius 2 is 1.82 bits per heavy atom. The number of aromatic nitrogens is 3. The number of nitrogens with zero attached hydrogens (tertiary/aromatic N) is 3. The molecule has 4 heterocycles. The van der Waals surface area contributed by atoms with E-state index in [2.05, 4.69) is 4.98 Å². The van der Waals surface area contributed by atoms with Crippen LogP contribution in [0.3, 0.4) is 0 Å². The van der Waals surface area contributed by atoms with Gasteiger partial charge in [-0.15, -0.1) is 0 Å². The molecule has 1 aliphatic heterocycles. The minimum atomic E-state index is -0.376. The lowest BCUT2D eigenvalue weighted by Gasteiger charge is -2.33. The molecule has 0 aliphatic carbocycles. The maximum Gasteiger partial charge on any atom is 0.297 e. The van der Waals surface area contributed by atoms with Crippen LogP contribution in [0.2, 0.25) is 0 Å². The fourth-order valence-electron chi connectivity index (χ4n) is 4.66. The molecule has 2 aromatic carbocycles. The molecule has 0 N–H and O–H groups in total. The molecule has 3 aromatic heterocycles. The number of pyridine rings is 1. The molecule has 6 nitrogen and oxygen atoms in total. The summed E-state index contributed by atoms with van der Waals surface area (Å²) in [7, 11) is 0. The van der Waals surface area contributed by atoms with Crippen LogP contribution in [0.25, 0.3) is 33.5 Å². The second-order valence-electron chi connectivity index (χ2n) is 9.24. The molecular formula is C27H22FN3O3. The fourth-order valence-corrected chi connectivity index (χ4v) is 4.66. The SMILES string of the molecule is CC1(C)Cc2c(c(-c3ccccc3)nc3oc4c(=O)n(Cc5ccccc5F)cnc4c23)CO1. The summed E-state index contributed by atoms with van der Waals surface area (Å²) in [5, 5.41) is 0.746. The van der Waals surface area contributed by atoms with Crippen molar-refractivity contribution < 1.29 is 13.5 Å². The molecule has 5 aromatic rings. The van der Waals surface area contributed by atoms with Crippen molar-refractivity contribution in [2.24, 2.45) is 0 Å². The number of furan rings is 1. The van der Waals surface area contributed by atoms with Gasteiger partial charge in [0.25, 0.3) is 5.56 Å². The van der Waals surface area contributed by atoms with Gasteiger partial charge in [-0.05, 0) is 25.5 Å². The summed E-state index contributed by atoms with van der Waals surface area (Å²) in [6.45, 7) is 4.56. The second-order valence-corrected chi connectivity index (χ2v) is 9.24. The Balaban J connectivity index is 1.60. The predicted octanol–water partition coefficient (Wildman–Crippen LogP) is 5.24. The van der Waals surface area contributed by atoms with Gasteiger partial charge in [0.1, 0.15) is 11.3 Å². The highest BCUT2D eigenvalue weighted by atomic mass is 19.1. The molecule has 0 fully saturated rings. The molecule has 0 saturated heterocycles. The van der Waals surface area contributed by atoms with Crippen molar-refractivity contribution in [3.05, 3.63) is 93.8 Å². The summed E-state index contributed by atoms with van der Waals surface area (Å²) in [6.07, 6.45) is 2.09. The highest BCUT2D eigenvalue weighted by Crippen LogP contribution is 2.40. The molecule has 0 saturated carbocycles. The number of benzene rings is 2. The molecule has 0 atom stereocenters. The average Bonchev–Trinajstić information content (AvgIpc) is 3.21. The van der Waals surface area contributed by atoms with E-state index in [-0.39, 0.29) is 29.1 Å². The van der Waals surface area contributed by atoms with Crippen molar-refractivity contribution in [3.8, 4) is 11.3 Å². The molecule has 6 rings (SSSR count). The predicted molar refractivity (Wildman–Crippen MR) is 127 cm³/mol. The van der Waals surface area contributed by atoms with Crippen molar-refractivity contribution in [1.29, 1.82) is 0 Å². The van der Waals surface area contributed by atoms with Crippen molar-refractivity contribution >= 4 is 22.2 Å². The van der Waals surface area contributed by atoms with Crippen LogP contribution in [-0.2, 0) is 24.3 Å². The topological polar surface area (TPSA) is 70.2 Å². The summed E-state index contributed by atoms with van der Waals surface area (Å²) in [4.78, 5) is 22.7. The van der Waals surface area contributed by atoms with E-state index in [0.717, 1.165) is 27.8 Å². The van der Waals surface area contributed by atoms with E-state index in [1.165, 1.54) is 17.0 Å². The van der Waals surface area contributed by atoms with Crippen LogP contribution in [0.1, 0.15) is 30.5 Å². The van der Waals surface area contributed by atoms with Gasteiger partial charge in [-0.2, -0.15) is 0 Å². The van der Waals surface area contributed by atoms with Crippen LogP contribution in [-0.4, -0.2) is 20.1 Å². The van der Waals surface area contributed by atoms with Gasteiger partial charge in [-0.25, -0.2) is 14.4 Å². The van der Waals surface area contributed by atoms with E-state index in [9.17, 15) is 9.18 Å². The molecule has 7 heteroatoms. The van der Waals surface area contributed by atoms with Crippen molar-refractivity contribution in [2.45, 2.75) is 39.0 Å². The first-order valence-electron chi connectivity index (χ1n) is 11.2. The van der Waals surface area contributed by atoms with E-state index in [0.29, 0.717) is 29.8 Å². The third-order valence-electron chi connectivity index (χ3n) is 6.37. The molecule has 170 valence electrons. The lowest BCUT2D eigenvalue weighted by molar-refractivity contribution is -0.0395. The minimum absolute atomic E-state index is 0.0627. The molecule has 0 amide bonds. The summed E-state index contributed by atoms with van der Waals surface area (Å²) in [5.74, 6) is -0.371. The molecule has 0 unspecified atom stereocenters. The number of hydrogen-bond acceptors (Lipinski definition) is 5. The fraction of sp³-hybridized carbons (Fsp3) is 0.222. The number of ether oxygens (including phenoxy) is 1. The lowest BCUT2D eigenvalue weighted by atomic mass is 9.88. The highest BCUT2D eigenvalue weighted by molar-refractivity contribution is 6.04. The van der Waals surface area contributed by atoms with Gasteiger partial charge >= 0.3 is 0 Å². The van der Waals surface area contributed by atoms with E-state index in [1.54, 1.807) is 18.2 Å². The number of hydrogen-bond donors (Lipinski definition) is 0. The third-order valence-corrected chi connectivity index (χ3v) is 6.37. The smallest absolute Gasteiger partial charge is 0.297 e. The van der Waals surface area contributed by atoms with Crippen LogP contribution < -0.4 is 5.56 Å². The van der Waals surface area contributed by atoms with Crippen LogP contribution >= 0.6 is 0 Å². The Bertz CT molecular complexity index is 1620. The average molecular weight is 455 g/mol. The van der Waals surface area contributed by atoms with Gasteiger partial charge in [0.05, 0.1) is 36.2 Å². The maximum absolute atomic E-state index is 14.2. The van der Waals surface area contributed by atoms with Crippen LogP contribution in [0.5, 0.6) is 0 Å². The zero-order valence-corrected chi connectivity index (χ0v) is 18.8. The Morgan fingerprint density at radius 1 is 1.06 bits per heavy atom. The number of rotatable bonds is 3. The second kappa shape index (κ2) is 7.60. The first-order chi connectivity index (χ1) is 16.4. The van der Waals surface area contributed by atoms with Gasteiger partial charge in [-0.1, -0.05) is 48.5 Å². The van der Waals surface area contributed by atoms with Crippen molar-refractivity contribution in [3.63, 3.8) is 0 Å². The quantitative estimate of drug-likeness (QED) is 0.372. The number of fused-ring (bicyclic) bond motifs is 5. The van der Waals surface area contributed by atoms with Crippen LogP contribution in [0, 0.1) is 5.82 Å². The van der Waals surface area contributed by atoms with Gasteiger partial charge < -0.3 is 9.15 Å². The van der Waals surface area contributed by atoms with Gasteiger partial charge in [0, 0.05) is 23.1 Å². The van der Waals surface area contributed by atoms with E-state index in [4.69, 9.17) is 14.1 Å². The first kappa shape index (κ1) is 20.7. The van der Waals surface area contributed by atoms with Crippen LogP contribution in [0.15, 0.2) is 70.1 Å². The van der Waals surface area contributed by atoms with Gasteiger partial charge in [-0.3, -0.25) is 9.36 Å². The summed E-state index contributed by atoms with van der Waals surface area (Å²) < 4.78 is 27.7. The van der Waals surface area contributed by atoms with Gasteiger partial charge in [0.15, 0.2) is 0 Å². The molecule has 1 aliphatic rings. The van der Waals surface area contributed by atoms with E-state index >= 15 is 0 Å². The molecule has 34 heavy (non-hydrogen) atoms. The Kier molecular flexibility index (Phi) is 4.64. The lowest BCUT2D eigenvalue weighted by Crippen LogP contribution is -2.32. The minimum Gasteiger partial charge on any atom is -0.430 e.